The number of aromatic nitrogens is 2. The molecule has 0 atom stereocenters. The zero-order valence-electron chi connectivity index (χ0n) is 17.6. The molecule has 2 heterocycles. The summed E-state index contributed by atoms with van der Waals surface area (Å²) in [7, 11) is 0. The molecule has 1 saturated carbocycles. The van der Waals surface area contributed by atoms with Gasteiger partial charge in [0.05, 0.1) is 29.1 Å². The van der Waals surface area contributed by atoms with Crippen molar-refractivity contribution in [3.8, 4) is 11.8 Å². The Morgan fingerprint density at radius 3 is 2.53 bits per heavy atom. The Morgan fingerprint density at radius 1 is 1.16 bits per heavy atom. The van der Waals surface area contributed by atoms with Gasteiger partial charge < -0.3 is 15.0 Å². The largest absolute Gasteiger partial charge is 0.490 e. The van der Waals surface area contributed by atoms with Crippen molar-refractivity contribution in [3.63, 3.8) is 0 Å². The molecule has 1 saturated heterocycles. The summed E-state index contributed by atoms with van der Waals surface area (Å²) < 4.78 is 6.00. The molecule has 2 aliphatic rings. The van der Waals surface area contributed by atoms with Crippen LogP contribution in [-0.4, -0.2) is 46.9 Å². The number of ketones is 1. The van der Waals surface area contributed by atoms with Crippen LogP contribution in [0.2, 0.25) is 5.02 Å². The van der Waals surface area contributed by atoms with E-state index in [1.807, 2.05) is 11.0 Å². The number of nitrogens with zero attached hydrogens (tertiary/aromatic N) is 4. The molecular weight excluding hydrogens is 430 g/mol. The van der Waals surface area contributed by atoms with E-state index in [4.69, 9.17) is 21.6 Å². The monoisotopic (exact) mass is 453 g/mol. The van der Waals surface area contributed by atoms with Gasteiger partial charge in [-0.3, -0.25) is 9.59 Å². The first kappa shape index (κ1) is 22.0. The fraction of sp³-hybridized carbons (Fsp3) is 0.435. The molecule has 0 bridgehead atoms. The van der Waals surface area contributed by atoms with Crippen LogP contribution in [0.25, 0.3) is 0 Å². The van der Waals surface area contributed by atoms with Gasteiger partial charge in [-0.15, -0.1) is 0 Å². The summed E-state index contributed by atoms with van der Waals surface area (Å²) in [6.07, 6.45) is 7.39. The van der Waals surface area contributed by atoms with Crippen LogP contribution in [0.5, 0.6) is 5.75 Å². The lowest BCUT2D eigenvalue weighted by Crippen LogP contribution is -2.40. The Balaban J connectivity index is 1.25. The highest BCUT2D eigenvalue weighted by atomic mass is 35.5. The molecule has 8 nitrogen and oxygen atoms in total. The first-order valence-corrected chi connectivity index (χ1v) is 11.2. The van der Waals surface area contributed by atoms with Crippen molar-refractivity contribution in [1.29, 1.82) is 5.26 Å². The van der Waals surface area contributed by atoms with Crippen LogP contribution in [0.15, 0.2) is 30.6 Å². The molecule has 0 spiro atoms. The molecular formula is C23H24ClN5O3. The maximum absolute atomic E-state index is 12.6. The molecule has 0 unspecified atom stereocenters. The standard InChI is InChI=1S/C23H24ClN5O3/c24-20-11-19(4-1-15(20)12-25)32-18-5-2-16(3-6-18)28-23(31)21-13-27-22(14-26-21)29-9-7-17(30)8-10-29/h1,4,11,13-14,16,18H,2-3,5-10H2,(H,28,31). The van der Waals surface area contributed by atoms with E-state index in [-0.39, 0.29) is 29.5 Å². The SMILES string of the molecule is N#Cc1ccc(OC2CCC(NC(=O)c3cnc(N4CCC(=O)CC4)cn3)CC2)cc1Cl. The Morgan fingerprint density at radius 2 is 1.91 bits per heavy atom. The number of halogens is 1. The number of benzene rings is 1. The molecule has 1 aliphatic heterocycles. The van der Waals surface area contributed by atoms with Crippen molar-refractivity contribution < 1.29 is 14.3 Å². The maximum atomic E-state index is 12.6. The molecule has 32 heavy (non-hydrogen) atoms. The number of Topliss-reactive ketones (excluding diaryl/α,β-unsaturated/α-hetero) is 1. The lowest BCUT2D eigenvalue weighted by molar-refractivity contribution is -0.119. The summed E-state index contributed by atoms with van der Waals surface area (Å²) in [5.41, 5.74) is 0.708. The lowest BCUT2D eigenvalue weighted by Gasteiger charge is -2.29. The molecule has 4 rings (SSSR count). The zero-order valence-corrected chi connectivity index (χ0v) is 18.3. The average molecular weight is 454 g/mol. The second kappa shape index (κ2) is 9.96. The van der Waals surface area contributed by atoms with E-state index in [0.29, 0.717) is 48.1 Å². The van der Waals surface area contributed by atoms with Crippen LogP contribution < -0.4 is 15.0 Å². The van der Waals surface area contributed by atoms with E-state index >= 15 is 0 Å². The number of hydrogen-bond donors (Lipinski definition) is 1. The van der Waals surface area contributed by atoms with Crippen molar-refractivity contribution in [2.24, 2.45) is 0 Å². The van der Waals surface area contributed by atoms with Crippen LogP contribution in [0.3, 0.4) is 0 Å². The third kappa shape index (κ3) is 5.35. The molecule has 1 amide bonds. The van der Waals surface area contributed by atoms with Gasteiger partial charge in [0.2, 0.25) is 0 Å². The van der Waals surface area contributed by atoms with Gasteiger partial charge in [0.25, 0.3) is 5.91 Å². The van der Waals surface area contributed by atoms with Crippen LogP contribution in [0.4, 0.5) is 5.82 Å². The molecule has 2 fully saturated rings. The summed E-state index contributed by atoms with van der Waals surface area (Å²) in [6, 6.07) is 7.16. The van der Waals surface area contributed by atoms with E-state index in [1.165, 1.54) is 6.20 Å². The fourth-order valence-electron chi connectivity index (χ4n) is 4.02. The first-order chi connectivity index (χ1) is 15.5. The van der Waals surface area contributed by atoms with Gasteiger partial charge in [0, 0.05) is 38.0 Å². The predicted octanol–water partition coefficient (Wildman–Crippen LogP) is 3.29. The summed E-state index contributed by atoms with van der Waals surface area (Å²) in [5.74, 6) is 1.37. The van der Waals surface area contributed by atoms with Gasteiger partial charge >= 0.3 is 0 Å². The third-order valence-electron chi connectivity index (χ3n) is 5.89. The highest BCUT2D eigenvalue weighted by molar-refractivity contribution is 6.31. The minimum Gasteiger partial charge on any atom is -0.490 e. The first-order valence-electron chi connectivity index (χ1n) is 10.8. The minimum atomic E-state index is -0.235. The summed E-state index contributed by atoms with van der Waals surface area (Å²) in [6.45, 7) is 1.28. The second-order valence-corrected chi connectivity index (χ2v) is 8.51. The lowest BCUT2D eigenvalue weighted by atomic mass is 9.93. The average Bonchev–Trinajstić information content (AvgIpc) is 2.81. The van der Waals surface area contributed by atoms with Crippen LogP contribution in [-0.2, 0) is 4.79 Å². The minimum absolute atomic E-state index is 0.0441. The van der Waals surface area contributed by atoms with Gasteiger partial charge in [-0.1, -0.05) is 11.6 Å². The van der Waals surface area contributed by atoms with Gasteiger partial charge in [-0.2, -0.15) is 5.26 Å². The fourth-order valence-corrected chi connectivity index (χ4v) is 4.24. The molecule has 1 aromatic heterocycles. The van der Waals surface area contributed by atoms with Gasteiger partial charge in [0.1, 0.15) is 29.1 Å². The van der Waals surface area contributed by atoms with Crippen molar-refractivity contribution >= 4 is 29.1 Å². The van der Waals surface area contributed by atoms with Gasteiger partial charge in [0.15, 0.2) is 0 Å². The molecule has 0 radical (unpaired) electrons. The van der Waals surface area contributed by atoms with Crippen molar-refractivity contribution in [2.75, 3.05) is 18.0 Å². The molecule has 1 aliphatic carbocycles. The van der Waals surface area contributed by atoms with Crippen LogP contribution in [0.1, 0.15) is 54.6 Å². The number of carbonyl (C=O) groups is 2. The number of carbonyl (C=O) groups excluding carboxylic acids is 2. The summed E-state index contributed by atoms with van der Waals surface area (Å²) >= 11 is 6.07. The number of nitriles is 1. The Labute approximate surface area is 191 Å². The highest BCUT2D eigenvalue weighted by Gasteiger charge is 2.25. The third-order valence-corrected chi connectivity index (χ3v) is 6.20. The number of piperidine rings is 1. The number of amides is 1. The number of nitrogens with one attached hydrogen (secondary N) is 1. The van der Waals surface area contributed by atoms with E-state index in [2.05, 4.69) is 15.3 Å². The quantitative estimate of drug-likeness (QED) is 0.739. The van der Waals surface area contributed by atoms with Crippen LogP contribution in [0, 0.1) is 11.3 Å². The maximum Gasteiger partial charge on any atom is 0.271 e. The highest BCUT2D eigenvalue weighted by Crippen LogP contribution is 2.27. The molecule has 1 N–H and O–H groups in total. The number of hydrogen-bond acceptors (Lipinski definition) is 7. The van der Waals surface area contributed by atoms with Gasteiger partial charge in [-0.05, 0) is 37.8 Å². The van der Waals surface area contributed by atoms with Crippen molar-refractivity contribution in [3.05, 3.63) is 46.9 Å². The molecule has 166 valence electrons. The Kier molecular flexibility index (Phi) is 6.86. The number of rotatable bonds is 5. The normalized spacial score (nSPS) is 21.0. The van der Waals surface area contributed by atoms with E-state index in [0.717, 1.165) is 25.7 Å². The Hall–Kier alpha value is -3.18. The van der Waals surface area contributed by atoms with E-state index in [1.54, 1.807) is 24.4 Å². The summed E-state index contributed by atoms with van der Waals surface area (Å²) in [5, 5.41) is 12.4. The Bertz CT molecular complexity index is 1020. The van der Waals surface area contributed by atoms with Crippen LogP contribution >= 0.6 is 11.6 Å². The topological polar surface area (TPSA) is 108 Å². The van der Waals surface area contributed by atoms with Crippen molar-refractivity contribution in [2.45, 2.75) is 50.7 Å². The van der Waals surface area contributed by atoms with Gasteiger partial charge in [-0.25, -0.2) is 9.97 Å². The zero-order chi connectivity index (χ0) is 22.5. The molecule has 9 heteroatoms. The summed E-state index contributed by atoms with van der Waals surface area (Å²) in [4.78, 5) is 34.6. The van der Waals surface area contributed by atoms with E-state index < -0.39 is 0 Å². The number of anilines is 1. The smallest absolute Gasteiger partial charge is 0.271 e. The van der Waals surface area contributed by atoms with Crippen molar-refractivity contribution in [1.82, 2.24) is 15.3 Å². The van der Waals surface area contributed by atoms with E-state index in [9.17, 15) is 9.59 Å². The molecule has 1 aromatic carbocycles. The number of ether oxygens (including phenoxy) is 1. The molecule has 2 aromatic rings. The second-order valence-electron chi connectivity index (χ2n) is 8.10. The predicted molar refractivity (Wildman–Crippen MR) is 119 cm³/mol.